The Kier molecular flexibility index (Phi) is 7.59. The topological polar surface area (TPSA) is 35.5 Å². The van der Waals surface area contributed by atoms with Crippen LogP contribution >= 0.6 is 12.2 Å². The summed E-state index contributed by atoms with van der Waals surface area (Å²) < 4.78 is 9.79. The molecule has 0 aliphatic rings. The van der Waals surface area contributed by atoms with E-state index >= 15 is 0 Å². The van der Waals surface area contributed by atoms with E-state index in [-0.39, 0.29) is 12.6 Å². The maximum absolute atomic E-state index is 10.9. The maximum atomic E-state index is 10.9. The van der Waals surface area contributed by atoms with Gasteiger partial charge in [-0.25, -0.2) is 4.79 Å². The highest BCUT2D eigenvalue weighted by Crippen LogP contribution is 1.92. The molecule has 13 heavy (non-hydrogen) atoms. The number of esters is 1. The molecule has 0 bridgehead atoms. The van der Waals surface area contributed by atoms with Gasteiger partial charge in [-0.3, -0.25) is 0 Å². The maximum Gasteiger partial charge on any atom is 0.344 e. The first kappa shape index (κ1) is 12.4. The summed E-state index contributed by atoms with van der Waals surface area (Å²) in [7, 11) is 0. The lowest BCUT2D eigenvalue weighted by Crippen LogP contribution is -2.15. The fourth-order valence-electron chi connectivity index (χ4n) is 0.613. The average molecular weight is 204 g/mol. The SMILES string of the molecule is CCCCOC(=O)COC(=S)CC. The third-order valence-corrected chi connectivity index (χ3v) is 1.81. The highest BCUT2D eigenvalue weighted by atomic mass is 32.1. The van der Waals surface area contributed by atoms with E-state index in [0.29, 0.717) is 18.1 Å². The molecule has 0 radical (unpaired) electrons. The highest BCUT2D eigenvalue weighted by molar-refractivity contribution is 7.80. The van der Waals surface area contributed by atoms with Crippen LogP contribution in [0.15, 0.2) is 0 Å². The van der Waals surface area contributed by atoms with E-state index in [1.807, 2.05) is 13.8 Å². The molecule has 0 rings (SSSR count). The zero-order valence-corrected chi connectivity index (χ0v) is 8.99. The molecule has 0 N–H and O–H groups in total. The Morgan fingerprint density at radius 2 is 2.00 bits per heavy atom. The van der Waals surface area contributed by atoms with Gasteiger partial charge in [-0.2, -0.15) is 0 Å². The molecule has 0 amide bonds. The van der Waals surface area contributed by atoms with Crippen LogP contribution in [-0.2, 0) is 14.3 Å². The number of thiocarbonyl (C=S) groups is 1. The summed E-state index contributed by atoms with van der Waals surface area (Å²) in [6.45, 7) is 4.33. The van der Waals surface area contributed by atoms with Gasteiger partial charge in [0.2, 0.25) is 0 Å². The van der Waals surface area contributed by atoms with Crippen molar-refractivity contribution in [3.8, 4) is 0 Å². The van der Waals surface area contributed by atoms with Crippen molar-refractivity contribution in [2.75, 3.05) is 13.2 Å². The van der Waals surface area contributed by atoms with Crippen LogP contribution in [-0.4, -0.2) is 24.2 Å². The van der Waals surface area contributed by atoms with Gasteiger partial charge in [0.05, 0.1) is 6.61 Å². The Morgan fingerprint density at radius 1 is 1.31 bits per heavy atom. The van der Waals surface area contributed by atoms with Crippen LogP contribution in [0, 0.1) is 0 Å². The van der Waals surface area contributed by atoms with Crippen LogP contribution in [0.2, 0.25) is 0 Å². The highest BCUT2D eigenvalue weighted by Gasteiger charge is 2.03. The van der Waals surface area contributed by atoms with Crippen molar-refractivity contribution in [1.29, 1.82) is 0 Å². The fraction of sp³-hybridized carbons (Fsp3) is 0.778. The smallest absolute Gasteiger partial charge is 0.344 e. The van der Waals surface area contributed by atoms with Crippen LogP contribution in [0.25, 0.3) is 0 Å². The lowest BCUT2D eigenvalue weighted by Gasteiger charge is -2.05. The average Bonchev–Trinajstić information content (AvgIpc) is 2.14. The summed E-state index contributed by atoms with van der Waals surface area (Å²) in [6, 6.07) is 0. The van der Waals surface area contributed by atoms with Gasteiger partial charge in [-0.05, 0) is 18.6 Å². The van der Waals surface area contributed by atoms with Crippen molar-refractivity contribution < 1.29 is 14.3 Å². The summed E-state index contributed by atoms with van der Waals surface area (Å²) in [5.74, 6) is -0.343. The Morgan fingerprint density at radius 3 is 2.54 bits per heavy atom. The fourth-order valence-corrected chi connectivity index (χ4v) is 0.672. The Bertz CT molecular complexity index is 168. The van der Waals surface area contributed by atoms with Gasteiger partial charge in [-0.15, -0.1) is 0 Å². The second-order valence-electron chi connectivity index (χ2n) is 2.59. The molecule has 0 aromatic carbocycles. The van der Waals surface area contributed by atoms with Crippen molar-refractivity contribution in [3.05, 3.63) is 0 Å². The summed E-state index contributed by atoms with van der Waals surface area (Å²) in [5.41, 5.74) is 0. The third kappa shape index (κ3) is 7.71. The van der Waals surface area contributed by atoms with Crippen LogP contribution in [0.1, 0.15) is 33.1 Å². The van der Waals surface area contributed by atoms with Gasteiger partial charge in [0.25, 0.3) is 0 Å². The van der Waals surface area contributed by atoms with Crippen LogP contribution in [0.4, 0.5) is 0 Å². The minimum absolute atomic E-state index is 0.0591. The minimum atomic E-state index is -0.343. The third-order valence-electron chi connectivity index (χ3n) is 1.40. The van der Waals surface area contributed by atoms with Gasteiger partial charge < -0.3 is 9.47 Å². The second kappa shape index (κ2) is 7.98. The molecular weight excluding hydrogens is 188 g/mol. The van der Waals surface area contributed by atoms with Crippen LogP contribution in [0.3, 0.4) is 0 Å². The van der Waals surface area contributed by atoms with E-state index < -0.39 is 0 Å². The summed E-state index contributed by atoms with van der Waals surface area (Å²) >= 11 is 4.78. The van der Waals surface area contributed by atoms with Crippen LogP contribution < -0.4 is 0 Å². The monoisotopic (exact) mass is 204 g/mol. The number of hydrogen-bond donors (Lipinski definition) is 0. The lowest BCUT2D eigenvalue weighted by molar-refractivity contribution is -0.146. The summed E-state index contributed by atoms with van der Waals surface area (Å²) in [6.07, 6.45) is 2.56. The van der Waals surface area contributed by atoms with E-state index in [1.165, 1.54) is 0 Å². The number of hydrogen-bond acceptors (Lipinski definition) is 4. The molecule has 0 atom stereocenters. The van der Waals surface area contributed by atoms with Gasteiger partial charge >= 0.3 is 5.97 Å². The molecular formula is C9H16O3S. The summed E-state index contributed by atoms with van der Waals surface area (Å²) in [5, 5.41) is 0.451. The molecule has 0 aliphatic carbocycles. The normalized spacial score (nSPS) is 9.38. The zero-order valence-electron chi connectivity index (χ0n) is 8.17. The molecule has 0 heterocycles. The van der Waals surface area contributed by atoms with Crippen LogP contribution in [0.5, 0.6) is 0 Å². The number of unbranched alkanes of at least 4 members (excludes halogenated alkanes) is 1. The van der Waals surface area contributed by atoms with Crippen molar-refractivity contribution in [3.63, 3.8) is 0 Å². The Hall–Kier alpha value is -0.640. The van der Waals surface area contributed by atoms with E-state index in [2.05, 4.69) is 0 Å². The molecule has 0 unspecified atom stereocenters. The van der Waals surface area contributed by atoms with Crippen molar-refractivity contribution in [2.24, 2.45) is 0 Å². The molecule has 0 spiro atoms. The van der Waals surface area contributed by atoms with E-state index in [0.717, 1.165) is 12.8 Å². The number of carbonyl (C=O) groups excluding carboxylic acids is 1. The zero-order chi connectivity index (χ0) is 10.1. The molecule has 0 aromatic rings. The quantitative estimate of drug-likeness (QED) is 0.377. The van der Waals surface area contributed by atoms with E-state index in [9.17, 15) is 4.79 Å². The number of rotatable bonds is 6. The van der Waals surface area contributed by atoms with E-state index in [4.69, 9.17) is 21.7 Å². The molecule has 3 nitrogen and oxygen atoms in total. The first-order chi connectivity index (χ1) is 6.20. The predicted molar refractivity (Wildman–Crippen MR) is 54.7 cm³/mol. The van der Waals surface area contributed by atoms with E-state index in [1.54, 1.807) is 0 Å². The molecule has 4 heteroatoms. The minimum Gasteiger partial charge on any atom is -0.475 e. The Labute approximate surface area is 84.4 Å². The number of ether oxygens (including phenoxy) is 2. The van der Waals surface area contributed by atoms with Gasteiger partial charge in [0.1, 0.15) is 0 Å². The predicted octanol–water partition coefficient (Wildman–Crippen LogP) is 2.08. The van der Waals surface area contributed by atoms with Crippen molar-refractivity contribution in [2.45, 2.75) is 33.1 Å². The lowest BCUT2D eigenvalue weighted by atomic mass is 10.4. The molecule has 0 saturated carbocycles. The first-order valence-corrected chi connectivity index (χ1v) is 4.92. The van der Waals surface area contributed by atoms with Gasteiger partial charge in [0, 0.05) is 6.42 Å². The molecule has 0 saturated heterocycles. The number of carbonyl (C=O) groups is 1. The molecule has 0 aliphatic heterocycles. The van der Waals surface area contributed by atoms with Crippen molar-refractivity contribution in [1.82, 2.24) is 0 Å². The molecule has 76 valence electrons. The van der Waals surface area contributed by atoms with Gasteiger partial charge in [0.15, 0.2) is 11.7 Å². The summed E-state index contributed by atoms with van der Waals surface area (Å²) in [4.78, 5) is 10.9. The first-order valence-electron chi connectivity index (χ1n) is 4.52. The largest absolute Gasteiger partial charge is 0.475 e. The van der Waals surface area contributed by atoms with Gasteiger partial charge in [-0.1, -0.05) is 20.3 Å². The Balaban J connectivity index is 3.35. The standard InChI is InChI=1S/C9H16O3S/c1-3-5-6-11-8(10)7-12-9(13)4-2/h3-7H2,1-2H3. The molecule has 0 fully saturated rings. The van der Waals surface area contributed by atoms with Crippen molar-refractivity contribution >= 4 is 23.2 Å². The second-order valence-corrected chi connectivity index (χ2v) is 3.04. The molecule has 0 aromatic heterocycles.